The molecule has 0 aromatic heterocycles. The molecule has 5 nitrogen and oxygen atoms in total. The highest BCUT2D eigenvalue weighted by Crippen LogP contribution is 2.32. The summed E-state index contributed by atoms with van der Waals surface area (Å²) in [7, 11) is 1.91. The van der Waals surface area contributed by atoms with Crippen molar-refractivity contribution in [3.8, 4) is 0 Å². The maximum atomic E-state index is 13.0. The van der Waals surface area contributed by atoms with Crippen molar-refractivity contribution in [2.24, 2.45) is 0 Å². The van der Waals surface area contributed by atoms with Gasteiger partial charge in [-0.1, -0.05) is 107 Å². The van der Waals surface area contributed by atoms with E-state index in [9.17, 15) is 4.79 Å². The van der Waals surface area contributed by atoms with Crippen molar-refractivity contribution in [3.05, 3.63) is 101 Å². The summed E-state index contributed by atoms with van der Waals surface area (Å²) in [4.78, 5) is 19.1. The Kier molecular flexibility index (Phi) is 9.25. The number of anilines is 1. The molecule has 0 aliphatic carbocycles. The smallest absolute Gasteiger partial charge is 0.319 e. The van der Waals surface area contributed by atoms with Gasteiger partial charge in [0.05, 0.1) is 12.6 Å². The number of carbonyl (C=O) groups is 1. The van der Waals surface area contributed by atoms with Gasteiger partial charge in [-0.05, 0) is 34.1 Å². The van der Waals surface area contributed by atoms with Gasteiger partial charge in [0.15, 0.2) is 0 Å². The molecule has 3 aromatic carbocycles. The SMILES string of the molecule is CC(C)c1cccc(C(C)C)c1NC(=O)NCC(c1ccccc1)N(C)OCc1ccccc1. The lowest BCUT2D eigenvalue weighted by Crippen LogP contribution is -2.38. The first-order valence-corrected chi connectivity index (χ1v) is 12.0. The average Bonchev–Trinajstić information content (AvgIpc) is 2.84. The molecule has 180 valence electrons. The zero-order chi connectivity index (χ0) is 24.5. The Labute approximate surface area is 204 Å². The molecule has 0 aliphatic heterocycles. The first-order valence-electron chi connectivity index (χ1n) is 12.0. The van der Waals surface area contributed by atoms with E-state index in [2.05, 4.69) is 68.7 Å². The fourth-order valence-electron chi connectivity index (χ4n) is 4.01. The largest absolute Gasteiger partial charge is 0.336 e. The van der Waals surface area contributed by atoms with E-state index in [0.717, 1.165) is 27.9 Å². The van der Waals surface area contributed by atoms with Gasteiger partial charge in [0, 0.05) is 19.3 Å². The quantitative estimate of drug-likeness (QED) is 0.326. The van der Waals surface area contributed by atoms with Crippen molar-refractivity contribution < 1.29 is 9.63 Å². The average molecular weight is 460 g/mol. The van der Waals surface area contributed by atoms with E-state index in [1.807, 2.05) is 60.6 Å². The first-order chi connectivity index (χ1) is 16.4. The number of benzene rings is 3. The molecule has 0 aliphatic rings. The molecule has 0 spiro atoms. The maximum absolute atomic E-state index is 13.0. The predicted octanol–water partition coefficient (Wildman–Crippen LogP) is 6.86. The maximum Gasteiger partial charge on any atom is 0.319 e. The van der Waals surface area contributed by atoms with Gasteiger partial charge >= 0.3 is 6.03 Å². The molecular weight excluding hydrogens is 422 g/mol. The van der Waals surface area contributed by atoms with Crippen molar-refractivity contribution in [2.45, 2.75) is 52.2 Å². The van der Waals surface area contributed by atoms with E-state index in [1.165, 1.54) is 0 Å². The van der Waals surface area contributed by atoms with E-state index >= 15 is 0 Å². The molecule has 34 heavy (non-hydrogen) atoms. The van der Waals surface area contributed by atoms with Gasteiger partial charge in [0.1, 0.15) is 0 Å². The summed E-state index contributed by atoms with van der Waals surface area (Å²) in [6.45, 7) is 9.45. The number of hydroxylamine groups is 2. The number of carbonyl (C=O) groups excluding carboxylic acids is 1. The third kappa shape index (κ3) is 6.92. The molecule has 2 amide bonds. The van der Waals surface area contributed by atoms with Crippen LogP contribution in [-0.4, -0.2) is 24.7 Å². The Morgan fingerprint density at radius 2 is 1.38 bits per heavy atom. The van der Waals surface area contributed by atoms with E-state index in [4.69, 9.17) is 4.84 Å². The van der Waals surface area contributed by atoms with E-state index in [-0.39, 0.29) is 12.1 Å². The van der Waals surface area contributed by atoms with Gasteiger partial charge < -0.3 is 10.6 Å². The van der Waals surface area contributed by atoms with Gasteiger partial charge in [-0.3, -0.25) is 4.84 Å². The molecule has 0 heterocycles. The zero-order valence-electron chi connectivity index (χ0n) is 20.9. The van der Waals surface area contributed by atoms with Crippen LogP contribution in [0.15, 0.2) is 78.9 Å². The molecule has 2 N–H and O–H groups in total. The Hall–Kier alpha value is -3.15. The van der Waals surface area contributed by atoms with Crippen LogP contribution in [0.3, 0.4) is 0 Å². The van der Waals surface area contributed by atoms with Crippen LogP contribution in [0.2, 0.25) is 0 Å². The zero-order valence-corrected chi connectivity index (χ0v) is 20.9. The fourth-order valence-corrected chi connectivity index (χ4v) is 4.01. The van der Waals surface area contributed by atoms with Gasteiger partial charge in [-0.15, -0.1) is 0 Å². The summed E-state index contributed by atoms with van der Waals surface area (Å²) in [5.41, 5.74) is 5.37. The van der Waals surface area contributed by atoms with Gasteiger partial charge in [0.25, 0.3) is 0 Å². The Bertz CT molecular complexity index is 1010. The van der Waals surface area contributed by atoms with Gasteiger partial charge in [-0.2, -0.15) is 5.06 Å². The molecule has 1 atom stereocenters. The Morgan fingerprint density at radius 3 is 1.94 bits per heavy atom. The molecule has 0 saturated carbocycles. The molecule has 3 aromatic rings. The minimum Gasteiger partial charge on any atom is -0.336 e. The molecular formula is C29H37N3O2. The van der Waals surface area contributed by atoms with E-state index in [1.54, 1.807) is 0 Å². The summed E-state index contributed by atoms with van der Waals surface area (Å²) in [6, 6.07) is 26.1. The van der Waals surface area contributed by atoms with Crippen molar-refractivity contribution in [3.63, 3.8) is 0 Å². The van der Waals surface area contributed by atoms with Crippen LogP contribution in [0.1, 0.15) is 67.8 Å². The first kappa shape index (κ1) is 25.5. The number of nitrogens with zero attached hydrogens (tertiary/aromatic N) is 1. The second kappa shape index (κ2) is 12.4. The number of nitrogens with one attached hydrogen (secondary N) is 2. The molecule has 0 bridgehead atoms. The lowest BCUT2D eigenvalue weighted by molar-refractivity contribution is -0.178. The summed E-state index contributed by atoms with van der Waals surface area (Å²) in [6.07, 6.45) is 0. The summed E-state index contributed by atoms with van der Waals surface area (Å²) in [5.74, 6) is 0.618. The number of likely N-dealkylation sites (N-methyl/N-ethyl adjacent to an activating group) is 1. The number of hydrogen-bond acceptors (Lipinski definition) is 3. The topological polar surface area (TPSA) is 53.6 Å². The summed E-state index contributed by atoms with van der Waals surface area (Å²) in [5, 5.41) is 8.03. The molecule has 0 radical (unpaired) electrons. The van der Waals surface area contributed by atoms with Crippen LogP contribution >= 0.6 is 0 Å². The standard InChI is InChI=1S/C29H37N3O2/c1-21(2)25-17-12-18-26(22(3)4)28(25)31-29(33)30-19-27(24-15-10-7-11-16-24)32(5)34-20-23-13-8-6-9-14-23/h6-18,21-22,27H,19-20H2,1-5H3,(H2,30,31,33). The molecule has 1 unspecified atom stereocenters. The second-order valence-corrected chi connectivity index (χ2v) is 9.19. The predicted molar refractivity (Wildman–Crippen MR) is 140 cm³/mol. The van der Waals surface area contributed by atoms with Gasteiger partial charge in [0.2, 0.25) is 0 Å². The van der Waals surface area contributed by atoms with Crippen LogP contribution in [0.4, 0.5) is 10.5 Å². The molecule has 5 heteroatoms. The normalized spacial score (nSPS) is 12.2. The highest BCUT2D eigenvalue weighted by molar-refractivity contribution is 5.91. The van der Waals surface area contributed by atoms with Crippen molar-refractivity contribution >= 4 is 11.7 Å². The van der Waals surface area contributed by atoms with Crippen LogP contribution in [0.5, 0.6) is 0 Å². The van der Waals surface area contributed by atoms with Gasteiger partial charge in [-0.25, -0.2) is 4.79 Å². The number of para-hydroxylation sites is 1. The minimum atomic E-state index is -0.215. The van der Waals surface area contributed by atoms with Crippen molar-refractivity contribution in [2.75, 3.05) is 18.9 Å². The molecule has 0 fully saturated rings. The summed E-state index contributed by atoms with van der Waals surface area (Å²) >= 11 is 0. The number of hydrogen-bond donors (Lipinski definition) is 2. The van der Waals surface area contributed by atoms with Crippen LogP contribution < -0.4 is 10.6 Å². The van der Waals surface area contributed by atoms with Crippen LogP contribution in [-0.2, 0) is 11.4 Å². The number of rotatable bonds is 10. The Balaban J connectivity index is 1.71. The lowest BCUT2D eigenvalue weighted by Gasteiger charge is -2.28. The fraction of sp³-hybridized carbons (Fsp3) is 0.345. The number of urea groups is 1. The van der Waals surface area contributed by atoms with Crippen molar-refractivity contribution in [1.29, 1.82) is 0 Å². The lowest BCUT2D eigenvalue weighted by atomic mass is 9.93. The molecule has 0 saturated heterocycles. The highest BCUT2D eigenvalue weighted by Gasteiger charge is 2.21. The third-order valence-electron chi connectivity index (χ3n) is 5.97. The van der Waals surface area contributed by atoms with Crippen LogP contribution in [0, 0.1) is 0 Å². The third-order valence-corrected chi connectivity index (χ3v) is 5.97. The van der Waals surface area contributed by atoms with Crippen molar-refractivity contribution in [1.82, 2.24) is 10.4 Å². The minimum absolute atomic E-state index is 0.138. The second-order valence-electron chi connectivity index (χ2n) is 9.19. The van der Waals surface area contributed by atoms with E-state index in [0.29, 0.717) is 25.0 Å². The van der Waals surface area contributed by atoms with E-state index < -0.39 is 0 Å². The Morgan fingerprint density at radius 1 is 0.824 bits per heavy atom. The molecule has 3 rings (SSSR count). The monoisotopic (exact) mass is 459 g/mol. The highest BCUT2D eigenvalue weighted by atomic mass is 16.7. The van der Waals surface area contributed by atoms with Crippen LogP contribution in [0.25, 0.3) is 0 Å². The summed E-state index contributed by atoms with van der Waals surface area (Å²) < 4.78 is 0. The number of amides is 2.